The van der Waals surface area contributed by atoms with Crippen molar-refractivity contribution in [1.82, 2.24) is 20.3 Å². The fourth-order valence-electron chi connectivity index (χ4n) is 3.81. The summed E-state index contributed by atoms with van der Waals surface area (Å²) in [6.45, 7) is 0.369. The lowest BCUT2D eigenvalue weighted by Crippen LogP contribution is -2.38. The SMILES string of the molecule is [B]C(O)(O)C(c1cc(F)cc(C(F)(F)F)c1)c1cc(-c2nccc3c2CCNC3=O)ncn1. The molecule has 0 saturated carbocycles. The van der Waals surface area contributed by atoms with Gasteiger partial charge in [0.2, 0.25) is 0 Å². The van der Waals surface area contributed by atoms with Crippen LogP contribution in [0, 0.1) is 5.82 Å². The van der Waals surface area contributed by atoms with Crippen LogP contribution in [0.2, 0.25) is 0 Å². The molecule has 1 atom stereocenters. The molecule has 168 valence electrons. The van der Waals surface area contributed by atoms with E-state index >= 15 is 0 Å². The van der Waals surface area contributed by atoms with E-state index in [2.05, 4.69) is 20.3 Å². The summed E-state index contributed by atoms with van der Waals surface area (Å²) < 4.78 is 53.6. The summed E-state index contributed by atoms with van der Waals surface area (Å²) in [5.74, 6) is -3.30. The Bertz CT molecular complexity index is 1230. The molecule has 2 aromatic heterocycles. The van der Waals surface area contributed by atoms with Crippen LogP contribution in [0.5, 0.6) is 0 Å². The summed E-state index contributed by atoms with van der Waals surface area (Å²) in [6, 6.07) is 4.35. The highest BCUT2D eigenvalue weighted by Crippen LogP contribution is 2.37. The van der Waals surface area contributed by atoms with E-state index in [0.29, 0.717) is 41.9 Å². The molecule has 1 amide bonds. The first-order valence-electron chi connectivity index (χ1n) is 9.65. The smallest absolute Gasteiger partial charge is 0.374 e. The first-order chi connectivity index (χ1) is 15.4. The first-order valence-corrected chi connectivity index (χ1v) is 9.65. The predicted molar refractivity (Wildman–Crippen MR) is 107 cm³/mol. The fraction of sp³-hybridized carbons (Fsp3) is 0.238. The highest BCUT2D eigenvalue weighted by molar-refractivity contribution is 6.13. The number of pyridine rings is 1. The van der Waals surface area contributed by atoms with E-state index in [1.807, 2.05) is 0 Å². The lowest BCUT2D eigenvalue weighted by atomic mass is 9.75. The highest BCUT2D eigenvalue weighted by atomic mass is 19.4. The third kappa shape index (κ3) is 4.57. The Morgan fingerprint density at radius 3 is 2.55 bits per heavy atom. The van der Waals surface area contributed by atoms with Crippen molar-refractivity contribution in [3.63, 3.8) is 0 Å². The molecule has 7 nitrogen and oxygen atoms in total. The molecule has 3 aromatic rings. The number of rotatable bonds is 4. The van der Waals surface area contributed by atoms with Gasteiger partial charge >= 0.3 is 6.18 Å². The Morgan fingerprint density at radius 1 is 1.09 bits per heavy atom. The summed E-state index contributed by atoms with van der Waals surface area (Å²) in [5, 5.41) is 23.0. The summed E-state index contributed by atoms with van der Waals surface area (Å²) in [7, 11) is 5.45. The third-order valence-electron chi connectivity index (χ3n) is 5.19. The maximum Gasteiger partial charge on any atom is 0.416 e. The van der Waals surface area contributed by atoms with Crippen LogP contribution in [-0.4, -0.2) is 51.1 Å². The topological polar surface area (TPSA) is 108 Å². The molecule has 3 heterocycles. The molecule has 0 saturated heterocycles. The Hall–Kier alpha value is -3.38. The van der Waals surface area contributed by atoms with Gasteiger partial charge in [-0.25, -0.2) is 14.4 Å². The number of alkyl halides is 3. The van der Waals surface area contributed by atoms with Crippen LogP contribution >= 0.6 is 0 Å². The van der Waals surface area contributed by atoms with Crippen LogP contribution in [-0.2, 0) is 12.6 Å². The van der Waals surface area contributed by atoms with Gasteiger partial charge in [0.15, 0.2) is 7.85 Å². The molecule has 0 fully saturated rings. The Balaban J connectivity index is 1.85. The normalized spacial score (nSPS) is 15.0. The summed E-state index contributed by atoms with van der Waals surface area (Å²) in [6.07, 6.45) is -2.00. The molecule has 0 bridgehead atoms. The van der Waals surface area contributed by atoms with Crippen LogP contribution in [0.25, 0.3) is 11.4 Å². The van der Waals surface area contributed by atoms with E-state index in [1.165, 1.54) is 18.3 Å². The van der Waals surface area contributed by atoms with Crippen molar-refractivity contribution >= 4 is 13.8 Å². The van der Waals surface area contributed by atoms with E-state index in [4.69, 9.17) is 7.85 Å². The van der Waals surface area contributed by atoms with Crippen LogP contribution in [0.15, 0.2) is 42.9 Å². The minimum atomic E-state index is -4.88. The van der Waals surface area contributed by atoms with Crippen LogP contribution < -0.4 is 5.32 Å². The average Bonchev–Trinajstić information content (AvgIpc) is 2.72. The van der Waals surface area contributed by atoms with Gasteiger partial charge in [0, 0.05) is 18.3 Å². The molecule has 12 heteroatoms. The highest BCUT2D eigenvalue weighted by Gasteiger charge is 2.37. The summed E-state index contributed by atoms with van der Waals surface area (Å²) in [4.78, 5) is 24.4. The van der Waals surface area contributed by atoms with Gasteiger partial charge in [-0.3, -0.25) is 9.78 Å². The number of nitrogens with one attached hydrogen (secondary N) is 1. The Morgan fingerprint density at radius 2 is 1.85 bits per heavy atom. The summed E-state index contributed by atoms with van der Waals surface area (Å²) in [5.41, 5.74) is -3.59. The maximum absolute atomic E-state index is 14.0. The van der Waals surface area contributed by atoms with Crippen molar-refractivity contribution < 1.29 is 32.6 Å². The monoisotopic (exact) mass is 458 g/mol. The molecular weight excluding hydrogens is 443 g/mol. The number of halogens is 4. The van der Waals surface area contributed by atoms with Crippen molar-refractivity contribution in [2.45, 2.75) is 24.2 Å². The van der Waals surface area contributed by atoms with Crippen LogP contribution in [0.3, 0.4) is 0 Å². The molecule has 3 N–H and O–H groups in total. The van der Waals surface area contributed by atoms with E-state index in [9.17, 15) is 32.6 Å². The number of nitrogens with zero attached hydrogens (tertiary/aromatic N) is 3. The number of amides is 1. The van der Waals surface area contributed by atoms with E-state index in [0.717, 1.165) is 6.33 Å². The molecule has 33 heavy (non-hydrogen) atoms. The molecule has 1 aliphatic rings. The Labute approximate surface area is 186 Å². The molecule has 1 aliphatic heterocycles. The number of benzene rings is 1. The maximum atomic E-state index is 14.0. The van der Waals surface area contributed by atoms with Gasteiger partial charge < -0.3 is 15.5 Å². The van der Waals surface area contributed by atoms with Gasteiger partial charge in [0.25, 0.3) is 5.91 Å². The van der Waals surface area contributed by atoms with Crippen LogP contribution in [0.4, 0.5) is 17.6 Å². The van der Waals surface area contributed by atoms with Gasteiger partial charge in [0.1, 0.15) is 17.8 Å². The lowest BCUT2D eigenvalue weighted by Gasteiger charge is -2.29. The van der Waals surface area contributed by atoms with Gasteiger partial charge in [-0.05, 0) is 47.9 Å². The quantitative estimate of drug-likeness (QED) is 0.313. The second-order valence-electron chi connectivity index (χ2n) is 7.51. The summed E-state index contributed by atoms with van der Waals surface area (Å²) >= 11 is 0. The molecule has 4 rings (SSSR count). The zero-order chi connectivity index (χ0) is 24.0. The second kappa shape index (κ2) is 8.20. The van der Waals surface area contributed by atoms with E-state index in [1.54, 1.807) is 0 Å². The van der Waals surface area contributed by atoms with Crippen molar-refractivity contribution in [3.8, 4) is 11.4 Å². The zero-order valence-electron chi connectivity index (χ0n) is 16.8. The van der Waals surface area contributed by atoms with Crippen molar-refractivity contribution in [2.75, 3.05) is 6.54 Å². The van der Waals surface area contributed by atoms with Gasteiger partial charge in [0.05, 0.1) is 28.6 Å². The standard InChI is InChI=1S/C21H15BF4N4O3/c22-20(32,33)17(10-5-11(21(24,25)26)7-12(23)6-10)15-8-16(30-9-29-15)18-13-1-4-28-19(31)14(13)2-3-27-18/h2-3,5-9,17,32-33H,1,4H2,(H,28,31). The predicted octanol–water partition coefficient (Wildman–Crippen LogP) is 1.92. The number of hydrogen-bond acceptors (Lipinski definition) is 6. The van der Waals surface area contributed by atoms with Crippen LogP contribution in [0.1, 0.15) is 38.7 Å². The zero-order valence-corrected chi connectivity index (χ0v) is 16.8. The molecule has 1 unspecified atom stereocenters. The van der Waals surface area contributed by atoms with Crippen molar-refractivity contribution in [2.24, 2.45) is 0 Å². The average molecular weight is 458 g/mol. The van der Waals surface area contributed by atoms with Gasteiger partial charge in [-0.2, -0.15) is 13.2 Å². The first kappa shape index (κ1) is 22.8. The number of aromatic nitrogens is 3. The van der Waals surface area contributed by atoms with Crippen molar-refractivity contribution in [3.05, 3.63) is 76.6 Å². The molecule has 0 aliphatic carbocycles. The number of carbonyl (C=O) groups excluding carboxylic acids is 1. The Kier molecular flexibility index (Phi) is 5.66. The number of hydrogen-bond donors (Lipinski definition) is 3. The number of aliphatic hydroxyl groups is 2. The second-order valence-corrected chi connectivity index (χ2v) is 7.51. The molecule has 1 aromatic carbocycles. The lowest BCUT2D eigenvalue weighted by molar-refractivity contribution is -0.138. The number of fused-ring (bicyclic) bond motifs is 1. The molecule has 2 radical (unpaired) electrons. The van der Waals surface area contributed by atoms with E-state index in [-0.39, 0.29) is 23.4 Å². The number of carbonyl (C=O) groups is 1. The third-order valence-corrected chi connectivity index (χ3v) is 5.19. The van der Waals surface area contributed by atoms with E-state index < -0.39 is 34.7 Å². The minimum absolute atomic E-state index is 0.174. The van der Waals surface area contributed by atoms with Gasteiger partial charge in [-0.15, -0.1) is 0 Å². The molecular formula is C21H15BF4N4O3. The van der Waals surface area contributed by atoms with Gasteiger partial charge in [-0.1, -0.05) is 0 Å². The minimum Gasteiger partial charge on any atom is -0.374 e. The largest absolute Gasteiger partial charge is 0.416 e. The fourth-order valence-corrected chi connectivity index (χ4v) is 3.81. The van der Waals surface area contributed by atoms with Crippen molar-refractivity contribution in [1.29, 1.82) is 0 Å². The molecule has 0 spiro atoms.